The highest BCUT2D eigenvalue weighted by molar-refractivity contribution is 6.17. The Balaban J connectivity index is 3.51. The molecule has 0 atom stereocenters. The van der Waals surface area contributed by atoms with Crippen LogP contribution in [0.4, 0.5) is 18.9 Å². The van der Waals surface area contributed by atoms with Crippen molar-refractivity contribution < 1.29 is 18.1 Å². The van der Waals surface area contributed by atoms with Crippen LogP contribution in [-0.4, -0.2) is 9.91 Å². The summed E-state index contributed by atoms with van der Waals surface area (Å²) >= 11 is 5.27. The number of pyridine rings is 1. The number of aromatic nitrogens is 1. The quantitative estimate of drug-likeness (QED) is 0.464. The first-order chi connectivity index (χ1) is 6.99. The summed E-state index contributed by atoms with van der Waals surface area (Å²) in [7, 11) is 0. The molecule has 0 radical (unpaired) electrons. The summed E-state index contributed by atoms with van der Waals surface area (Å²) in [5.41, 5.74) is -2.70. The van der Waals surface area contributed by atoms with Gasteiger partial charge < -0.3 is 0 Å². The molecule has 1 aromatic heterocycles. The molecule has 0 saturated carbocycles. The number of nitrogens with zero attached hydrogens (tertiary/aromatic N) is 2. The molecular formula is C7H4ClF3N2O2. The minimum Gasteiger partial charge on any atom is -0.258 e. The van der Waals surface area contributed by atoms with Gasteiger partial charge in [-0.1, -0.05) is 0 Å². The SMILES string of the molecule is O=[N+]([O-])c1c(CCl)ncc(F)c1C(F)F. The number of alkyl halides is 3. The van der Waals surface area contributed by atoms with E-state index in [-0.39, 0.29) is 5.69 Å². The van der Waals surface area contributed by atoms with Crippen LogP contribution in [0.15, 0.2) is 6.20 Å². The molecule has 0 unspecified atom stereocenters. The lowest BCUT2D eigenvalue weighted by Gasteiger charge is -2.05. The number of halogens is 4. The smallest absolute Gasteiger partial charge is 0.258 e. The summed E-state index contributed by atoms with van der Waals surface area (Å²) < 4.78 is 37.6. The molecule has 0 aliphatic rings. The fourth-order valence-electron chi connectivity index (χ4n) is 1.04. The van der Waals surface area contributed by atoms with Gasteiger partial charge in [0.1, 0.15) is 11.3 Å². The Bertz CT molecular complexity index is 400. The third-order valence-electron chi connectivity index (χ3n) is 1.65. The predicted molar refractivity (Wildman–Crippen MR) is 45.4 cm³/mol. The van der Waals surface area contributed by atoms with Crippen molar-refractivity contribution in [3.8, 4) is 0 Å². The Kier molecular flexibility index (Phi) is 3.46. The van der Waals surface area contributed by atoms with E-state index in [0.29, 0.717) is 6.20 Å². The van der Waals surface area contributed by atoms with Crippen LogP contribution in [0.5, 0.6) is 0 Å². The van der Waals surface area contributed by atoms with E-state index in [1.807, 2.05) is 0 Å². The Hall–Kier alpha value is -1.37. The van der Waals surface area contributed by atoms with Crippen molar-refractivity contribution in [1.82, 2.24) is 4.98 Å². The molecule has 82 valence electrons. The van der Waals surface area contributed by atoms with Gasteiger partial charge in [0, 0.05) is 0 Å². The van der Waals surface area contributed by atoms with Crippen LogP contribution in [0.2, 0.25) is 0 Å². The fraction of sp³-hybridized carbons (Fsp3) is 0.286. The van der Waals surface area contributed by atoms with Crippen molar-refractivity contribution in [3.63, 3.8) is 0 Å². The predicted octanol–water partition coefficient (Wildman–Crippen LogP) is 2.81. The summed E-state index contributed by atoms with van der Waals surface area (Å²) in [6.07, 6.45) is -2.79. The number of nitro groups is 1. The zero-order chi connectivity index (χ0) is 11.6. The lowest BCUT2D eigenvalue weighted by atomic mass is 10.2. The molecular weight excluding hydrogens is 237 g/mol. The van der Waals surface area contributed by atoms with E-state index in [4.69, 9.17) is 11.6 Å². The molecule has 0 fully saturated rings. The third-order valence-corrected chi connectivity index (χ3v) is 1.90. The zero-order valence-electron chi connectivity index (χ0n) is 7.08. The van der Waals surface area contributed by atoms with Crippen molar-refractivity contribution >= 4 is 17.3 Å². The maximum absolute atomic E-state index is 12.9. The summed E-state index contributed by atoms with van der Waals surface area (Å²) in [6.45, 7) is 0. The van der Waals surface area contributed by atoms with Crippen molar-refractivity contribution in [3.05, 3.63) is 33.4 Å². The molecule has 4 nitrogen and oxygen atoms in total. The highest BCUT2D eigenvalue weighted by atomic mass is 35.5. The van der Waals surface area contributed by atoms with Crippen molar-refractivity contribution in [1.29, 1.82) is 0 Å². The second-order valence-corrected chi connectivity index (χ2v) is 2.77. The molecule has 8 heteroatoms. The van der Waals surface area contributed by atoms with Crippen molar-refractivity contribution in [2.75, 3.05) is 0 Å². The van der Waals surface area contributed by atoms with Crippen LogP contribution < -0.4 is 0 Å². The molecule has 0 amide bonds. The van der Waals surface area contributed by atoms with E-state index >= 15 is 0 Å². The average Bonchev–Trinajstić information content (AvgIpc) is 2.16. The highest BCUT2D eigenvalue weighted by Gasteiger charge is 2.30. The third kappa shape index (κ3) is 2.17. The number of hydrogen-bond acceptors (Lipinski definition) is 3. The van der Waals surface area contributed by atoms with Gasteiger partial charge in [-0.25, -0.2) is 18.2 Å². The van der Waals surface area contributed by atoms with Crippen LogP contribution >= 0.6 is 11.6 Å². The van der Waals surface area contributed by atoms with Gasteiger partial charge in [-0.05, 0) is 0 Å². The van der Waals surface area contributed by atoms with Crippen LogP contribution in [0.3, 0.4) is 0 Å². The first kappa shape index (κ1) is 11.7. The van der Waals surface area contributed by atoms with Crippen LogP contribution in [0.1, 0.15) is 17.7 Å². The van der Waals surface area contributed by atoms with E-state index < -0.39 is 34.3 Å². The molecule has 0 aliphatic heterocycles. The van der Waals surface area contributed by atoms with Gasteiger partial charge in [-0.15, -0.1) is 11.6 Å². The number of rotatable bonds is 3. The standard InChI is InChI=1S/C7H4ClF3N2O2/c8-1-4-6(13(14)15)5(7(10)11)3(9)2-12-4/h2,7H,1H2. The molecule has 0 aromatic carbocycles. The van der Waals surface area contributed by atoms with Gasteiger partial charge in [0.05, 0.1) is 17.0 Å². The van der Waals surface area contributed by atoms with Gasteiger partial charge >= 0.3 is 5.69 Å². The van der Waals surface area contributed by atoms with E-state index in [2.05, 4.69) is 4.98 Å². The van der Waals surface area contributed by atoms with Gasteiger partial charge in [-0.2, -0.15) is 0 Å². The summed E-state index contributed by atoms with van der Waals surface area (Å²) in [5, 5.41) is 10.5. The largest absolute Gasteiger partial charge is 0.303 e. The van der Waals surface area contributed by atoms with Crippen LogP contribution in [0.25, 0.3) is 0 Å². The van der Waals surface area contributed by atoms with E-state index in [1.54, 1.807) is 0 Å². The normalized spacial score (nSPS) is 10.7. The maximum atomic E-state index is 12.9. The van der Waals surface area contributed by atoms with Gasteiger partial charge in [0.2, 0.25) is 0 Å². The molecule has 0 aliphatic carbocycles. The maximum Gasteiger partial charge on any atom is 0.303 e. The molecule has 0 bridgehead atoms. The lowest BCUT2D eigenvalue weighted by molar-refractivity contribution is -0.387. The average molecular weight is 241 g/mol. The van der Waals surface area contributed by atoms with Crippen molar-refractivity contribution in [2.24, 2.45) is 0 Å². The van der Waals surface area contributed by atoms with Gasteiger partial charge in [-0.3, -0.25) is 10.1 Å². The minimum absolute atomic E-state index is 0.377. The van der Waals surface area contributed by atoms with E-state index in [0.717, 1.165) is 0 Å². The second-order valence-electron chi connectivity index (χ2n) is 2.51. The topological polar surface area (TPSA) is 56.0 Å². The Morgan fingerprint density at radius 2 is 2.20 bits per heavy atom. The monoisotopic (exact) mass is 240 g/mol. The second kappa shape index (κ2) is 4.43. The Labute approximate surface area is 86.8 Å². The zero-order valence-corrected chi connectivity index (χ0v) is 7.84. The molecule has 1 aromatic rings. The molecule has 15 heavy (non-hydrogen) atoms. The van der Waals surface area contributed by atoms with Crippen LogP contribution in [-0.2, 0) is 5.88 Å². The molecule has 1 rings (SSSR count). The molecule has 0 spiro atoms. The van der Waals surface area contributed by atoms with Crippen molar-refractivity contribution in [2.45, 2.75) is 12.3 Å². The number of hydrogen-bond donors (Lipinski definition) is 0. The minimum atomic E-state index is -3.28. The van der Waals surface area contributed by atoms with E-state index in [9.17, 15) is 23.3 Å². The molecule has 0 saturated heterocycles. The Morgan fingerprint density at radius 1 is 1.60 bits per heavy atom. The molecule has 0 N–H and O–H groups in total. The first-order valence-electron chi connectivity index (χ1n) is 3.64. The van der Waals surface area contributed by atoms with Crippen LogP contribution in [0, 0.1) is 15.9 Å². The summed E-state index contributed by atoms with van der Waals surface area (Å²) in [6, 6.07) is 0. The van der Waals surface area contributed by atoms with Gasteiger partial charge in [0.25, 0.3) is 6.43 Å². The Morgan fingerprint density at radius 3 is 2.60 bits per heavy atom. The lowest BCUT2D eigenvalue weighted by Crippen LogP contribution is -2.05. The highest BCUT2D eigenvalue weighted by Crippen LogP contribution is 2.33. The van der Waals surface area contributed by atoms with Gasteiger partial charge in [0.15, 0.2) is 5.82 Å². The fourth-order valence-corrected chi connectivity index (χ4v) is 1.24. The summed E-state index contributed by atoms with van der Waals surface area (Å²) in [4.78, 5) is 12.6. The molecule has 1 heterocycles. The van der Waals surface area contributed by atoms with E-state index in [1.165, 1.54) is 0 Å². The first-order valence-corrected chi connectivity index (χ1v) is 4.18. The summed E-state index contributed by atoms with van der Waals surface area (Å²) in [5.74, 6) is -1.85.